The molecular weight excluding hydrogens is 198 g/mol. The van der Waals surface area contributed by atoms with Crippen LogP contribution in [-0.2, 0) is 11.2 Å². The molecule has 14 heavy (non-hydrogen) atoms. The molecule has 0 saturated heterocycles. The number of hydrogen-bond donors (Lipinski definition) is 2. The van der Waals surface area contributed by atoms with E-state index in [0.29, 0.717) is 18.1 Å². The quantitative estimate of drug-likeness (QED) is 0.792. The topological polar surface area (TPSA) is 68.0 Å². The maximum absolute atomic E-state index is 11.2. The van der Waals surface area contributed by atoms with Crippen molar-refractivity contribution in [2.24, 2.45) is 5.73 Å². The Labute approximate surface area is 87.5 Å². The zero-order chi connectivity index (χ0) is 10.6. The van der Waals surface area contributed by atoms with Crippen LogP contribution in [0.25, 0.3) is 0 Å². The molecule has 0 aliphatic carbocycles. The fraction of sp³-hybridized carbons (Fsp3) is 0.556. The Kier molecular flexibility index (Phi) is 4.03. The van der Waals surface area contributed by atoms with Gasteiger partial charge in [-0.25, -0.2) is 4.98 Å². The van der Waals surface area contributed by atoms with Crippen molar-refractivity contribution in [3.05, 3.63) is 10.6 Å². The van der Waals surface area contributed by atoms with E-state index in [1.807, 2.05) is 13.8 Å². The molecule has 1 heterocycles. The largest absolute Gasteiger partial charge is 0.330 e. The van der Waals surface area contributed by atoms with Gasteiger partial charge in [-0.05, 0) is 13.3 Å². The number of aryl methyl sites for hydroxylation is 2. The van der Waals surface area contributed by atoms with Crippen molar-refractivity contribution < 1.29 is 4.79 Å². The van der Waals surface area contributed by atoms with Crippen molar-refractivity contribution in [2.45, 2.75) is 26.7 Å². The van der Waals surface area contributed by atoms with Gasteiger partial charge in [0, 0.05) is 17.8 Å². The van der Waals surface area contributed by atoms with Crippen LogP contribution in [-0.4, -0.2) is 17.4 Å². The van der Waals surface area contributed by atoms with Gasteiger partial charge in [-0.3, -0.25) is 4.79 Å². The van der Waals surface area contributed by atoms with Gasteiger partial charge in [0.1, 0.15) is 0 Å². The summed E-state index contributed by atoms with van der Waals surface area (Å²) in [7, 11) is 0. The Hall–Kier alpha value is -0.940. The molecule has 5 heteroatoms. The first kappa shape index (κ1) is 11.1. The number of nitrogens with one attached hydrogen (secondary N) is 1. The van der Waals surface area contributed by atoms with Crippen molar-refractivity contribution in [1.82, 2.24) is 4.98 Å². The molecule has 0 unspecified atom stereocenters. The van der Waals surface area contributed by atoms with E-state index in [1.165, 1.54) is 11.3 Å². The average Bonchev–Trinajstić information content (AvgIpc) is 2.46. The summed E-state index contributed by atoms with van der Waals surface area (Å²) < 4.78 is 0. The van der Waals surface area contributed by atoms with Gasteiger partial charge < -0.3 is 11.1 Å². The Morgan fingerprint density at radius 2 is 2.36 bits per heavy atom. The second-order valence-corrected chi connectivity index (χ2v) is 4.17. The smallest absolute Gasteiger partial charge is 0.227 e. The van der Waals surface area contributed by atoms with Crippen LogP contribution < -0.4 is 11.1 Å². The molecule has 0 aliphatic rings. The van der Waals surface area contributed by atoms with Gasteiger partial charge in [-0.15, -0.1) is 11.3 Å². The summed E-state index contributed by atoms with van der Waals surface area (Å²) >= 11 is 1.51. The number of hydrogen-bond acceptors (Lipinski definition) is 4. The van der Waals surface area contributed by atoms with Crippen molar-refractivity contribution in [3.8, 4) is 0 Å². The first-order chi connectivity index (χ1) is 6.67. The number of carbonyl (C=O) groups is 1. The SMILES string of the molecule is CCc1nc(NC(=O)CCN)sc1C. The van der Waals surface area contributed by atoms with E-state index in [4.69, 9.17) is 5.73 Å². The molecular formula is C9H15N3OS. The van der Waals surface area contributed by atoms with Gasteiger partial charge >= 0.3 is 0 Å². The summed E-state index contributed by atoms with van der Waals surface area (Å²) in [6.07, 6.45) is 1.25. The number of thiazole rings is 1. The Bertz CT molecular complexity index is 322. The minimum atomic E-state index is -0.0658. The molecule has 1 aromatic heterocycles. The molecule has 0 saturated carbocycles. The average molecular weight is 213 g/mol. The summed E-state index contributed by atoms with van der Waals surface area (Å²) in [6, 6.07) is 0. The second kappa shape index (κ2) is 5.07. The standard InChI is InChI=1S/C9H15N3OS/c1-3-7-6(2)14-9(11-7)12-8(13)4-5-10/h3-5,10H2,1-2H3,(H,11,12,13). The highest BCUT2D eigenvalue weighted by atomic mass is 32.1. The van der Waals surface area contributed by atoms with Crippen LogP contribution in [0.15, 0.2) is 0 Å². The molecule has 0 atom stereocenters. The lowest BCUT2D eigenvalue weighted by Gasteiger charge is -1.97. The number of nitrogens with zero attached hydrogens (tertiary/aromatic N) is 1. The minimum absolute atomic E-state index is 0.0658. The van der Waals surface area contributed by atoms with Gasteiger partial charge in [0.15, 0.2) is 5.13 Å². The summed E-state index contributed by atoms with van der Waals surface area (Å²) in [5, 5.41) is 3.41. The molecule has 1 amide bonds. The minimum Gasteiger partial charge on any atom is -0.330 e. The third-order valence-corrected chi connectivity index (χ3v) is 2.77. The fourth-order valence-electron chi connectivity index (χ4n) is 1.12. The molecule has 1 rings (SSSR count). The van der Waals surface area contributed by atoms with E-state index in [9.17, 15) is 4.79 Å². The predicted octanol–water partition coefficient (Wildman–Crippen LogP) is 1.30. The zero-order valence-electron chi connectivity index (χ0n) is 8.46. The maximum Gasteiger partial charge on any atom is 0.227 e. The van der Waals surface area contributed by atoms with Gasteiger partial charge in [0.25, 0.3) is 0 Å². The monoisotopic (exact) mass is 213 g/mol. The number of carbonyl (C=O) groups excluding carboxylic acids is 1. The predicted molar refractivity (Wildman–Crippen MR) is 58.5 cm³/mol. The van der Waals surface area contributed by atoms with Gasteiger partial charge in [0.05, 0.1) is 5.69 Å². The highest BCUT2D eigenvalue weighted by Gasteiger charge is 2.08. The summed E-state index contributed by atoms with van der Waals surface area (Å²) in [5.41, 5.74) is 6.32. The van der Waals surface area contributed by atoms with Gasteiger partial charge in [0.2, 0.25) is 5.91 Å². The molecule has 3 N–H and O–H groups in total. The Morgan fingerprint density at radius 3 is 2.86 bits per heavy atom. The fourth-order valence-corrected chi connectivity index (χ4v) is 2.04. The zero-order valence-corrected chi connectivity index (χ0v) is 9.28. The van der Waals surface area contributed by atoms with E-state index in [2.05, 4.69) is 10.3 Å². The van der Waals surface area contributed by atoms with Crippen LogP contribution in [0, 0.1) is 6.92 Å². The molecule has 0 bridgehead atoms. The van der Waals surface area contributed by atoms with Crippen LogP contribution in [0.1, 0.15) is 23.9 Å². The summed E-state index contributed by atoms with van der Waals surface area (Å²) in [6.45, 7) is 4.43. The van der Waals surface area contributed by atoms with Crippen LogP contribution in [0.3, 0.4) is 0 Å². The first-order valence-electron chi connectivity index (χ1n) is 4.63. The van der Waals surface area contributed by atoms with E-state index in [0.717, 1.165) is 17.0 Å². The van der Waals surface area contributed by atoms with E-state index >= 15 is 0 Å². The lowest BCUT2D eigenvalue weighted by Crippen LogP contribution is -2.15. The molecule has 0 spiro atoms. The lowest BCUT2D eigenvalue weighted by molar-refractivity contribution is -0.116. The number of aromatic nitrogens is 1. The molecule has 1 aromatic rings. The van der Waals surface area contributed by atoms with Gasteiger partial charge in [-0.2, -0.15) is 0 Å². The van der Waals surface area contributed by atoms with Crippen LogP contribution in [0.4, 0.5) is 5.13 Å². The van der Waals surface area contributed by atoms with E-state index in [-0.39, 0.29) is 5.91 Å². The van der Waals surface area contributed by atoms with Crippen LogP contribution in [0.5, 0.6) is 0 Å². The van der Waals surface area contributed by atoms with Gasteiger partial charge in [-0.1, -0.05) is 6.92 Å². The highest BCUT2D eigenvalue weighted by Crippen LogP contribution is 2.22. The van der Waals surface area contributed by atoms with E-state index in [1.54, 1.807) is 0 Å². The third-order valence-electron chi connectivity index (χ3n) is 1.85. The van der Waals surface area contributed by atoms with E-state index < -0.39 is 0 Å². The third kappa shape index (κ3) is 2.78. The number of nitrogens with two attached hydrogens (primary N) is 1. The molecule has 0 aromatic carbocycles. The molecule has 0 fully saturated rings. The number of anilines is 1. The van der Waals surface area contributed by atoms with Crippen LogP contribution in [0.2, 0.25) is 0 Å². The van der Waals surface area contributed by atoms with Crippen molar-refractivity contribution >= 4 is 22.4 Å². The summed E-state index contributed by atoms with van der Waals surface area (Å²) in [4.78, 5) is 16.7. The maximum atomic E-state index is 11.2. The number of rotatable bonds is 4. The number of amides is 1. The molecule has 0 aliphatic heterocycles. The highest BCUT2D eigenvalue weighted by molar-refractivity contribution is 7.15. The lowest BCUT2D eigenvalue weighted by atomic mass is 10.3. The first-order valence-corrected chi connectivity index (χ1v) is 5.45. The normalized spacial score (nSPS) is 10.2. The van der Waals surface area contributed by atoms with Crippen LogP contribution >= 0.6 is 11.3 Å². The van der Waals surface area contributed by atoms with Crippen molar-refractivity contribution in [3.63, 3.8) is 0 Å². The van der Waals surface area contributed by atoms with Crippen molar-refractivity contribution in [1.29, 1.82) is 0 Å². The summed E-state index contributed by atoms with van der Waals surface area (Å²) in [5.74, 6) is -0.0658. The Morgan fingerprint density at radius 1 is 1.64 bits per heavy atom. The Balaban J connectivity index is 2.63. The molecule has 78 valence electrons. The van der Waals surface area contributed by atoms with Crippen molar-refractivity contribution in [2.75, 3.05) is 11.9 Å². The molecule has 0 radical (unpaired) electrons. The molecule has 4 nitrogen and oxygen atoms in total. The second-order valence-electron chi connectivity index (χ2n) is 2.96.